The van der Waals surface area contributed by atoms with E-state index in [4.69, 9.17) is 29.0 Å². The summed E-state index contributed by atoms with van der Waals surface area (Å²) in [5.41, 5.74) is 2.46. The summed E-state index contributed by atoms with van der Waals surface area (Å²) in [6.45, 7) is 0. The normalized spacial score (nSPS) is 11.5. The Morgan fingerprint density at radius 3 is 2.18 bits per heavy atom. The predicted molar refractivity (Wildman–Crippen MR) is 72.7 cm³/mol. The van der Waals surface area contributed by atoms with Crippen LogP contribution in [0.5, 0.6) is 0 Å². The molecule has 0 spiro atoms. The van der Waals surface area contributed by atoms with Crippen LogP contribution in [0.4, 0.5) is 0 Å². The summed E-state index contributed by atoms with van der Waals surface area (Å²) >= 11 is 11.8. The molecule has 0 radical (unpaired) electrons. The number of rotatable bonds is 2. The summed E-state index contributed by atoms with van der Waals surface area (Å²) in [5.74, 6) is 5.44. The van der Waals surface area contributed by atoms with Gasteiger partial charge in [-0.15, -0.1) is 0 Å². The average Bonchev–Trinajstić information content (AvgIpc) is 2.36. The highest BCUT2D eigenvalue weighted by atomic mass is 35.5. The summed E-state index contributed by atoms with van der Waals surface area (Å²) in [6.07, 6.45) is 0. The van der Waals surface area contributed by atoms with E-state index >= 15 is 0 Å². The fraction of sp³-hybridized carbons (Fsp3) is 0. The molecule has 0 aromatic heterocycles. The van der Waals surface area contributed by atoms with Crippen molar-refractivity contribution in [1.29, 1.82) is 0 Å². The van der Waals surface area contributed by atoms with Crippen molar-refractivity contribution in [1.82, 2.24) is 0 Å². The molecule has 0 bridgehead atoms. The first kappa shape index (κ1) is 12.0. The SMILES string of the molecule is N/N=C(/c1ccccc1)c1ccc(Cl)c(Cl)c1. The Morgan fingerprint density at radius 2 is 1.59 bits per heavy atom. The molecular formula is C13H10Cl2N2. The van der Waals surface area contributed by atoms with Crippen molar-refractivity contribution in [3.8, 4) is 0 Å². The van der Waals surface area contributed by atoms with Gasteiger partial charge in [-0.3, -0.25) is 0 Å². The van der Waals surface area contributed by atoms with Crippen LogP contribution in [-0.4, -0.2) is 5.71 Å². The van der Waals surface area contributed by atoms with E-state index < -0.39 is 0 Å². The molecule has 2 nitrogen and oxygen atoms in total. The van der Waals surface area contributed by atoms with Crippen LogP contribution in [0, 0.1) is 0 Å². The van der Waals surface area contributed by atoms with Crippen molar-refractivity contribution in [2.24, 2.45) is 10.9 Å². The van der Waals surface area contributed by atoms with Crippen LogP contribution in [0.1, 0.15) is 11.1 Å². The molecule has 86 valence electrons. The molecule has 4 heteroatoms. The third-order valence-corrected chi connectivity index (χ3v) is 3.11. The summed E-state index contributed by atoms with van der Waals surface area (Å²) in [6, 6.07) is 15.0. The topological polar surface area (TPSA) is 38.4 Å². The van der Waals surface area contributed by atoms with Gasteiger partial charge in [0.1, 0.15) is 0 Å². The maximum Gasteiger partial charge on any atom is 0.0971 e. The lowest BCUT2D eigenvalue weighted by molar-refractivity contribution is 1.24. The largest absolute Gasteiger partial charge is 0.323 e. The first-order chi connectivity index (χ1) is 8.22. The summed E-state index contributed by atoms with van der Waals surface area (Å²) in [4.78, 5) is 0. The maximum absolute atomic E-state index is 5.97. The van der Waals surface area contributed by atoms with Gasteiger partial charge in [0.15, 0.2) is 0 Å². The lowest BCUT2D eigenvalue weighted by atomic mass is 10.0. The first-order valence-electron chi connectivity index (χ1n) is 5.01. The number of nitrogens with zero attached hydrogens (tertiary/aromatic N) is 1. The highest BCUT2D eigenvalue weighted by Crippen LogP contribution is 2.24. The van der Waals surface area contributed by atoms with E-state index in [9.17, 15) is 0 Å². The molecule has 0 heterocycles. The van der Waals surface area contributed by atoms with Crippen molar-refractivity contribution in [2.75, 3.05) is 0 Å². The van der Waals surface area contributed by atoms with Gasteiger partial charge >= 0.3 is 0 Å². The quantitative estimate of drug-likeness (QED) is 0.501. The molecular weight excluding hydrogens is 255 g/mol. The molecule has 0 aliphatic heterocycles. The summed E-state index contributed by atoms with van der Waals surface area (Å²) in [7, 11) is 0. The molecule has 17 heavy (non-hydrogen) atoms. The zero-order chi connectivity index (χ0) is 12.3. The van der Waals surface area contributed by atoms with E-state index in [0.29, 0.717) is 15.8 Å². The zero-order valence-corrected chi connectivity index (χ0v) is 10.4. The van der Waals surface area contributed by atoms with Crippen molar-refractivity contribution in [3.05, 3.63) is 69.7 Å². The van der Waals surface area contributed by atoms with E-state index in [2.05, 4.69) is 5.10 Å². The van der Waals surface area contributed by atoms with Crippen LogP contribution >= 0.6 is 23.2 Å². The third kappa shape index (κ3) is 2.60. The average molecular weight is 265 g/mol. The number of benzene rings is 2. The van der Waals surface area contributed by atoms with E-state index in [-0.39, 0.29) is 0 Å². The molecule has 0 aliphatic rings. The number of hydrazone groups is 1. The maximum atomic E-state index is 5.97. The van der Waals surface area contributed by atoms with Gasteiger partial charge in [-0.2, -0.15) is 5.10 Å². The molecule has 0 fully saturated rings. The summed E-state index contributed by atoms with van der Waals surface area (Å²) in [5, 5.41) is 4.82. The summed E-state index contributed by atoms with van der Waals surface area (Å²) < 4.78 is 0. The Balaban J connectivity index is 2.47. The van der Waals surface area contributed by atoms with Crippen LogP contribution in [0.3, 0.4) is 0 Å². The Morgan fingerprint density at radius 1 is 0.882 bits per heavy atom. The second kappa shape index (κ2) is 5.21. The molecule has 2 N–H and O–H groups in total. The molecule has 2 aromatic carbocycles. The van der Waals surface area contributed by atoms with E-state index in [0.717, 1.165) is 11.1 Å². The molecule has 2 rings (SSSR count). The predicted octanol–water partition coefficient (Wildman–Crippen LogP) is 3.70. The molecule has 2 aromatic rings. The minimum Gasteiger partial charge on any atom is -0.323 e. The van der Waals surface area contributed by atoms with Gasteiger partial charge in [0.25, 0.3) is 0 Å². The van der Waals surface area contributed by atoms with Gasteiger partial charge in [-0.25, -0.2) is 0 Å². The smallest absolute Gasteiger partial charge is 0.0971 e. The van der Waals surface area contributed by atoms with E-state index in [1.54, 1.807) is 12.1 Å². The van der Waals surface area contributed by atoms with Crippen LogP contribution in [-0.2, 0) is 0 Å². The molecule has 0 saturated carbocycles. The molecule has 0 unspecified atom stereocenters. The van der Waals surface area contributed by atoms with Gasteiger partial charge in [-0.1, -0.05) is 59.6 Å². The standard InChI is InChI=1S/C13H10Cl2N2/c14-11-7-6-10(8-12(11)15)13(17-16)9-4-2-1-3-5-9/h1-8H,16H2/b17-13-. The Bertz CT molecular complexity index is 551. The number of halogens is 2. The number of hydrogen-bond acceptors (Lipinski definition) is 2. The second-order valence-electron chi connectivity index (χ2n) is 3.47. The highest BCUT2D eigenvalue weighted by Gasteiger charge is 2.08. The highest BCUT2D eigenvalue weighted by molar-refractivity contribution is 6.42. The minimum atomic E-state index is 0.487. The van der Waals surface area contributed by atoms with Crippen molar-refractivity contribution in [3.63, 3.8) is 0 Å². The van der Waals surface area contributed by atoms with Crippen molar-refractivity contribution >= 4 is 28.9 Å². The lowest BCUT2D eigenvalue weighted by Gasteiger charge is -2.06. The van der Waals surface area contributed by atoms with Crippen molar-refractivity contribution in [2.45, 2.75) is 0 Å². The van der Waals surface area contributed by atoms with Crippen LogP contribution in [0.2, 0.25) is 10.0 Å². The third-order valence-electron chi connectivity index (χ3n) is 2.37. The molecule has 0 aliphatic carbocycles. The van der Waals surface area contributed by atoms with Gasteiger partial charge < -0.3 is 5.84 Å². The van der Waals surface area contributed by atoms with Gasteiger partial charge in [0.2, 0.25) is 0 Å². The van der Waals surface area contributed by atoms with E-state index in [1.165, 1.54) is 0 Å². The van der Waals surface area contributed by atoms with Gasteiger partial charge in [0.05, 0.1) is 15.8 Å². The van der Waals surface area contributed by atoms with Gasteiger partial charge in [0, 0.05) is 11.1 Å². The zero-order valence-electron chi connectivity index (χ0n) is 8.90. The van der Waals surface area contributed by atoms with E-state index in [1.807, 2.05) is 36.4 Å². The van der Waals surface area contributed by atoms with Crippen LogP contribution < -0.4 is 5.84 Å². The van der Waals surface area contributed by atoms with Crippen LogP contribution in [0.25, 0.3) is 0 Å². The fourth-order valence-corrected chi connectivity index (χ4v) is 1.85. The first-order valence-corrected chi connectivity index (χ1v) is 5.76. The molecule has 0 amide bonds. The number of hydrogen-bond donors (Lipinski definition) is 1. The van der Waals surface area contributed by atoms with Gasteiger partial charge in [-0.05, 0) is 12.1 Å². The fourth-order valence-electron chi connectivity index (χ4n) is 1.56. The Kier molecular flexibility index (Phi) is 3.67. The lowest BCUT2D eigenvalue weighted by Crippen LogP contribution is -2.06. The Hall–Kier alpha value is -1.51. The van der Waals surface area contributed by atoms with Crippen LogP contribution in [0.15, 0.2) is 53.6 Å². The Labute approximate surface area is 110 Å². The molecule has 0 atom stereocenters. The minimum absolute atomic E-state index is 0.487. The second-order valence-corrected chi connectivity index (χ2v) is 4.29. The molecule has 0 saturated heterocycles. The number of nitrogens with two attached hydrogens (primary N) is 1. The monoisotopic (exact) mass is 264 g/mol. The van der Waals surface area contributed by atoms with Crippen molar-refractivity contribution < 1.29 is 0 Å².